The van der Waals surface area contributed by atoms with Gasteiger partial charge >= 0.3 is 12.2 Å². The van der Waals surface area contributed by atoms with E-state index in [-0.39, 0.29) is 18.0 Å². The van der Waals surface area contributed by atoms with Gasteiger partial charge in [-0.3, -0.25) is 9.69 Å². The van der Waals surface area contributed by atoms with Crippen LogP contribution >= 0.6 is 0 Å². The maximum absolute atomic E-state index is 12.5. The van der Waals surface area contributed by atoms with Crippen LogP contribution in [0.2, 0.25) is 0 Å². The van der Waals surface area contributed by atoms with Crippen molar-refractivity contribution in [3.8, 4) is 0 Å². The molecule has 0 aliphatic carbocycles. The second kappa shape index (κ2) is 6.08. The lowest BCUT2D eigenvalue weighted by Gasteiger charge is -2.26. The lowest BCUT2D eigenvalue weighted by atomic mass is 9.88. The number of aliphatic hydroxyl groups excluding tert-OH is 1. The lowest BCUT2D eigenvalue weighted by Crippen LogP contribution is -2.48. The molecule has 1 aromatic carbocycles. The smallest absolute Gasteiger partial charge is 0.387 e. The van der Waals surface area contributed by atoms with E-state index in [2.05, 4.69) is 5.32 Å². The Balaban J connectivity index is 2.14. The number of carbonyl (C=O) groups excluding carboxylic acids is 2. The second-order valence-electron chi connectivity index (χ2n) is 6.34. The minimum Gasteiger partial charge on any atom is -0.387 e. The van der Waals surface area contributed by atoms with E-state index >= 15 is 0 Å². The van der Waals surface area contributed by atoms with Gasteiger partial charge < -0.3 is 10.4 Å². The van der Waals surface area contributed by atoms with Crippen LogP contribution in [0.25, 0.3) is 0 Å². The molecule has 132 valence electrons. The molecule has 0 aromatic heterocycles. The quantitative estimate of drug-likeness (QED) is 0.825. The molecule has 0 unspecified atom stereocenters. The van der Waals surface area contributed by atoms with Gasteiger partial charge in [0.1, 0.15) is 5.54 Å². The van der Waals surface area contributed by atoms with Crippen LogP contribution in [-0.4, -0.2) is 34.0 Å². The molecule has 1 heterocycles. The summed E-state index contributed by atoms with van der Waals surface area (Å²) < 4.78 is 37.6. The summed E-state index contributed by atoms with van der Waals surface area (Å²) in [6.45, 7) is 4.85. The first-order valence-electron chi connectivity index (χ1n) is 7.46. The lowest BCUT2D eigenvalue weighted by molar-refractivity contribution is -0.137. The van der Waals surface area contributed by atoms with Crippen molar-refractivity contribution in [2.45, 2.75) is 38.6 Å². The van der Waals surface area contributed by atoms with Crippen LogP contribution in [0.15, 0.2) is 24.3 Å². The number of urea groups is 1. The molecule has 0 radical (unpaired) electrons. The monoisotopic (exact) mass is 344 g/mol. The highest BCUT2D eigenvalue weighted by molar-refractivity contribution is 6.07. The molecule has 2 rings (SSSR count). The molecule has 1 aliphatic rings. The van der Waals surface area contributed by atoms with Gasteiger partial charge in [-0.1, -0.05) is 26.0 Å². The maximum Gasteiger partial charge on any atom is 0.416 e. The molecule has 1 fully saturated rings. The average Bonchev–Trinajstić information content (AvgIpc) is 2.71. The van der Waals surface area contributed by atoms with E-state index in [9.17, 15) is 27.9 Å². The van der Waals surface area contributed by atoms with Crippen LogP contribution in [0.4, 0.5) is 18.0 Å². The largest absolute Gasteiger partial charge is 0.416 e. The zero-order chi connectivity index (χ0) is 18.3. The van der Waals surface area contributed by atoms with Crippen LogP contribution in [0.1, 0.15) is 38.0 Å². The number of aliphatic hydroxyl groups is 1. The highest BCUT2D eigenvalue weighted by Gasteiger charge is 2.50. The molecule has 0 spiro atoms. The number of carbonyl (C=O) groups is 2. The molecule has 3 amide bonds. The van der Waals surface area contributed by atoms with Gasteiger partial charge in [0.25, 0.3) is 5.91 Å². The third kappa shape index (κ3) is 3.24. The number of hydrogen-bond acceptors (Lipinski definition) is 3. The Morgan fingerprint density at radius 3 is 2.17 bits per heavy atom. The molecule has 24 heavy (non-hydrogen) atoms. The van der Waals surface area contributed by atoms with Gasteiger partial charge in [-0.25, -0.2) is 4.79 Å². The van der Waals surface area contributed by atoms with E-state index in [4.69, 9.17) is 0 Å². The summed E-state index contributed by atoms with van der Waals surface area (Å²) in [5, 5.41) is 12.8. The van der Waals surface area contributed by atoms with Gasteiger partial charge in [0.2, 0.25) is 0 Å². The predicted octanol–water partition coefficient (Wildman–Crippen LogP) is 2.71. The van der Waals surface area contributed by atoms with Crippen molar-refractivity contribution in [3.63, 3.8) is 0 Å². The Bertz CT molecular complexity index is 643. The normalized spacial score (nSPS) is 22.9. The number of β-amino-alcohol motifs (C(OH)–C–C–N with tert-alkyl or cyclic N) is 1. The fraction of sp³-hybridized carbons (Fsp3) is 0.500. The van der Waals surface area contributed by atoms with Crippen molar-refractivity contribution in [1.82, 2.24) is 10.2 Å². The van der Waals surface area contributed by atoms with E-state index in [1.165, 1.54) is 0 Å². The van der Waals surface area contributed by atoms with Gasteiger partial charge in [0, 0.05) is 0 Å². The number of nitrogens with one attached hydrogen (secondary N) is 1. The summed E-state index contributed by atoms with van der Waals surface area (Å²) in [5.41, 5.74) is -1.70. The Morgan fingerprint density at radius 1 is 1.21 bits per heavy atom. The SMILES string of the molecule is CC(C)[C@@]1(C)NC(=O)N(C[C@@H](O)c2ccc(C(F)(F)F)cc2)C1=O. The number of halogens is 3. The van der Waals surface area contributed by atoms with E-state index in [1.807, 2.05) is 0 Å². The third-order valence-corrected chi connectivity index (χ3v) is 4.43. The summed E-state index contributed by atoms with van der Waals surface area (Å²) in [4.78, 5) is 25.3. The van der Waals surface area contributed by atoms with Gasteiger partial charge in [-0.2, -0.15) is 13.2 Å². The van der Waals surface area contributed by atoms with Crippen molar-refractivity contribution in [2.75, 3.05) is 6.54 Å². The zero-order valence-electron chi connectivity index (χ0n) is 13.5. The number of benzene rings is 1. The number of rotatable bonds is 4. The first-order chi connectivity index (χ1) is 11.0. The number of amides is 3. The molecule has 1 aliphatic heterocycles. The molecule has 1 saturated heterocycles. The number of alkyl halides is 3. The molecule has 2 N–H and O–H groups in total. The number of nitrogens with zero attached hydrogens (tertiary/aromatic N) is 1. The van der Waals surface area contributed by atoms with Crippen LogP contribution in [0.5, 0.6) is 0 Å². The van der Waals surface area contributed by atoms with Crippen molar-refractivity contribution >= 4 is 11.9 Å². The van der Waals surface area contributed by atoms with Crippen LogP contribution in [-0.2, 0) is 11.0 Å². The summed E-state index contributed by atoms with van der Waals surface area (Å²) >= 11 is 0. The molecule has 5 nitrogen and oxygen atoms in total. The Hall–Kier alpha value is -2.09. The van der Waals surface area contributed by atoms with Gasteiger partial charge in [0.05, 0.1) is 18.2 Å². The molecule has 1 aromatic rings. The van der Waals surface area contributed by atoms with Gasteiger partial charge in [-0.15, -0.1) is 0 Å². The highest BCUT2D eigenvalue weighted by Crippen LogP contribution is 2.31. The number of hydrogen-bond donors (Lipinski definition) is 2. The van der Waals surface area contributed by atoms with Crippen molar-refractivity contribution < 1.29 is 27.9 Å². The van der Waals surface area contributed by atoms with Crippen molar-refractivity contribution in [3.05, 3.63) is 35.4 Å². The van der Waals surface area contributed by atoms with Crippen LogP contribution in [0.3, 0.4) is 0 Å². The fourth-order valence-electron chi connectivity index (χ4n) is 2.45. The van der Waals surface area contributed by atoms with Crippen molar-refractivity contribution in [1.29, 1.82) is 0 Å². The maximum atomic E-state index is 12.5. The van der Waals surface area contributed by atoms with E-state index in [0.717, 1.165) is 29.2 Å². The van der Waals surface area contributed by atoms with Crippen molar-refractivity contribution in [2.24, 2.45) is 5.92 Å². The molecule has 0 bridgehead atoms. The second-order valence-corrected chi connectivity index (χ2v) is 6.34. The number of imide groups is 1. The third-order valence-electron chi connectivity index (χ3n) is 4.43. The highest BCUT2D eigenvalue weighted by atomic mass is 19.4. The topological polar surface area (TPSA) is 69.6 Å². The van der Waals surface area contributed by atoms with E-state index < -0.39 is 35.3 Å². The molecule has 2 atom stereocenters. The molecular weight excluding hydrogens is 325 g/mol. The molecule has 8 heteroatoms. The molecular formula is C16H19F3N2O3. The van der Waals surface area contributed by atoms with E-state index in [0.29, 0.717) is 0 Å². The minimum atomic E-state index is -4.46. The first kappa shape index (κ1) is 18.3. The zero-order valence-corrected chi connectivity index (χ0v) is 13.5. The Morgan fingerprint density at radius 2 is 1.75 bits per heavy atom. The Kier molecular flexibility index (Phi) is 4.63. The van der Waals surface area contributed by atoms with Gasteiger partial charge in [0.15, 0.2) is 0 Å². The standard InChI is InChI=1S/C16H19F3N2O3/c1-9(2)15(3)13(23)21(14(24)20-15)8-12(22)10-4-6-11(7-5-10)16(17,18)19/h4-7,9,12,22H,8H2,1-3H3,(H,20,24)/t12-,15-/m1/s1. The Labute approximate surface area is 137 Å². The predicted molar refractivity (Wildman–Crippen MR) is 79.9 cm³/mol. The average molecular weight is 344 g/mol. The van der Waals surface area contributed by atoms with Crippen LogP contribution in [0, 0.1) is 5.92 Å². The summed E-state index contributed by atoms with van der Waals surface area (Å²) in [5.74, 6) is -0.615. The first-order valence-corrected chi connectivity index (χ1v) is 7.46. The minimum absolute atomic E-state index is 0.151. The molecule has 0 saturated carbocycles. The van der Waals surface area contributed by atoms with Gasteiger partial charge in [-0.05, 0) is 30.5 Å². The summed E-state index contributed by atoms with van der Waals surface area (Å²) in [6, 6.07) is 3.34. The van der Waals surface area contributed by atoms with Crippen LogP contribution < -0.4 is 5.32 Å². The fourth-order valence-corrected chi connectivity index (χ4v) is 2.45. The summed E-state index contributed by atoms with van der Waals surface area (Å²) in [7, 11) is 0. The summed E-state index contributed by atoms with van der Waals surface area (Å²) in [6.07, 6.45) is -5.73. The van der Waals surface area contributed by atoms with E-state index in [1.54, 1.807) is 20.8 Å².